The first-order valence-electron chi connectivity index (χ1n) is 7.11. The van der Waals surface area contributed by atoms with Crippen molar-refractivity contribution >= 4 is 0 Å². The molecule has 2 heterocycles. The van der Waals surface area contributed by atoms with E-state index >= 15 is 0 Å². The van der Waals surface area contributed by atoms with Gasteiger partial charge in [-0.15, -0.1) is 0 Å². The number of hydrogen-bond acceptors (Lipinski definition) is 5. The van der Waals surface area contributed by atoms with Gasteiger partial charge in [0.15, 0.2) is 11.5 Å². The number of hydrazine groups is 1. The summed E-state index contributed by atoms with van der Waals surface area (Å²) in [5.74, 6) is 7.32. The van der Waals surface area contributed by atoms with E-state index in [4.69, 9.17) is 15.3 Å². The first-order valence-corrected chi connectivity index (χ1v) is 7.11. The van der Waals surface area contributed by atoms with Crippen molar-refractivity contribution in [2.24, 2.45) is 5.84 Å². The zero-order valence-corrected chi connectivity index (χ0v) is 11.8. The Morgan fingerprint density at radius 2 is 1.86 bits per heavy atom. The molecule has 0 saturated carbocycles. The Morgan fingerprint density at radius 1 is 1.10 bits per heavy atom. The van der Waals surface area contributed by atoms with Gasteiger partial charge in [-0.2, -0.15) is 0 Å². The molecule has 1 unspecified atom stereocenters. The molecule has 1 aliphatic heterocycles. The number of rotatable bonds is 4. The Balaban J connectivity index is 1.82. The van der Waals surface area contributed by atoms with Crippen LogP contribution in [0.4, 0.5) is 0 Å². The van der Waals surface area contributed by atoms with Crippen molar-refractivity contribution in [1.29, 1.82) is 0 Å². The van der Waals surface area contributed by atoms with Crippen LogP contribution in [-0.4, -0.2) is 18.2 Å². The van der Waals surface area contributed by atoms with Crippen LogP contribution in [0, 0.1) is 0 Å². The lowest BCUT2D eigenvalue weighted by Gasteiger charge is -2.18. The molecule has 110 valence electrons. The first-order chi connectivity index (χ1) is 10.4. The number of hydrogen-bond donors (Lipinski definition) is 2. The van der Waals surface area contributed by atoms with Crippen LogP contribution in [-0.2, 0) is 6.42 Å². The predicted molar refractivity (Wildman–Crippen MR) is 80.1 cm³/mol. The van der Waals surface area contributed by atoms with Crippen molar-refractivity contribution in [3.8, 4) is 11.5 Å². The van der Waals surface area contributed by atoms with Gasteiger partial charge < -0.3 is 9.47 Å². The Labute approximate surface area is 124 Å². The average molecular weight is 285 g/mol. The molecule has 21 heavy (non-hydrogen) atoms. The average Bonchev–Trinajstić information content (AvgIpc) is 2.78. The molecule has 0 amide bonds. The standard InChI is InChI=1S/C16H19N3O2/c17-19-14(10-12-4-6-18-7-5-12)13-2-3-15-16(11-13)21-9-1-8-20-15/h2-7,11,14,19H,1,8-10,17H2. The van der Waals surface area contributed by atoms with E-state index < -0.39 is 0 Å². The van der Waals surface area contributed by atoms with Gasteiger partial charge in [-0.25, -0.2) is 0 Å². The zero-order chi connectivity index (χ0) is 14.5. The molecule has 0 fully saturated rings. The molecular weight excluding hydrogens is 266 g/mol. The third kappa shape index (κ3) is 3.32. The molecule has 3 rings (SSSR count). The van der Waals surface area contributed by atoms with Crippen LogP contribution in [0.3, 0.4) is 0 Å². The summed E-state index contributed by atoms with van der Waals surface area (Å²) in [6.45, 7) is 1.38. The predicted octanol–water partition coefficient (Wildman–Crippen LogP) is 1.99. The van der Waals surface area contributed by atoms with Gasteiger partial charge in [-0.1, -0.05) is 6.07 Å². The fraction of sp³-hybridized carbons (Fsp3) is 0.312. The van der Waals surface area contributed by atoms with Gasteiger partial charge in [0.25, 0.3) is 0 Å². The second kappa shape index (κ2) is 6.56. The summed E-state index contributed by atoms with van der Waals surface area (Å²) in [4.78, 5) is 4.03. The zero-order valence-electron chi connectivity index (χ0n) is 11.8. The van der Waals surface area contributed by atoms with E-state index in [2.05, 4.69) is 10.4 Å². The van der Waals surface area contributed by atoms with Crippen molar-refractivity contribution < 1.29 is 9.47 Å². The molecule has 0 bridgehead atoms. The summed E-state index contributed by atoms with van der Waals surface area (Å²) in [6, 6.07) is 9.99. The smallest absolute Gasteiger partial charge is 0.161 e. The maximum atomic E-state index is 5.73. The number of fused-ring (bicyclic) bond motifs is 1. The molecule has 1 aromatic carbocycles. The summed E-state index contributed by atoms with van der Waals surface area (Å²) in [5, 5.41) is 0. The van der Waals surface area contributed by atoms with Gasteiger partial charge in [0.1, 0.15) is 0 Å². The van der Waals surface area contributed by atoms with Gasteiger partial charge in [-0.3, -0.25) is 16.3 Å². The third-order valence-corrected chi connectivity index (χ3v) is 3.56. The summed E-state index contributed by atoms with van der Waals surface area (Å²) in [5.41, 5.74) is 5.14. The normalized spacial score (nSPS) is 15.3. The minimum Gasteiger partial charge on any atom is -0.490 e. The summed E-state index contributed by atoms with van der Waals surface area (Å²) >= 11 is 0. The summed E-state index contributed by atoms with van der Waals surface area (Å²) in [6.07, 6.45) is 5.27. The van der Waals surface area contributed by atoms with Crippen molar-refractivity contribution in [1.82, 2.24) is 10.4 Å². The van der Waals surface area contributed by atoms with E-state index in [0.717, 1.165) is 29.9 Å². The number of aromatic nitrogens is 1. The minimum atomic E-state index is 0.0181. The molecule has 0 saturated heterocycles. The van der Waals surface area contributed by atoms with Gasteiger partial charge in [-0.05, 0) is 41.8 Å². The fourth-order valence-corrected chi connectivity index (χ4v) is 2.42. The van der Waals surface area contributed by atoms with Crippen LogP contribution in [0.5, 0.6) is 11.5 Å². The Hall–Kier alpha value is -2.11. The monoisotopic (exact) mass is 285 g/mol. The quantitative estimate of drug-likeness (QED) is 0.664. The van der Waals surface area contributed by atoms with Crippen LogP contribution in [0.25, 0.3) is 0 Å². The second-order valence-electron chi connectivity index (χ2n) is 5.04. The number of nitrogens with zero attached hydrogens (tertiary/aromatic N) is 1. The first kappa shape index (κ1) is 13.9. The lowest BCUT2D eigenvalue weighted by molar-refractivity contribution is 0.297. The number of nitrogens with one attached hydrogen (secondary N) is 1. The fourth-order valence-electron chi connectivity index (χ4n) is 2.42. The minimum absolute atomic E-state index is 0.0181. The van der Waals surface area contributed by atoms with E-state index in [-0.39, 0.29) is 6.04 Å². The van der Waals surface area contributed by atoms with Crippen molar-refractivity contribution in [3.05, 3.63) is 53.9 Å². The van der Waals surface area contributed by atoms with Crippen molar-refractivity contribution in [2.45, 2.75) is 18.9 Å². The van der Waals surface area contributed by atoms with Gasteiger partial charge in [0.05, 0.1) is 19.3 Å². The number of pyridine rings is 1. The van der Waals surface area contributed by atoms with Crippen LogP contribution in [0.15, 0.2) is 42.7 Å². The highest BCUT2D eigenvalue weighted by Gasteiger charge is 2.16. The van der Waals surface area contributed by atoms with Crippen LogP contribution in [0.1, 0.15) is 23.6 Å². The highest BCUT2D eigenvalue weighted by atomic mass is 16.5. The van der Waals surface area contributed by atoms with Crippen LogP contribution >= 0.6 is 0 Å². The van der Waals surface area contributed by atoms with E-state index in [0.29, 0.717) is 13.2 Å². The van der Waals surface area contributed by atoms with Gasteiger partial charge in [0.2, 0.25) is 0 Å². The molecule has 1 atom stereocenters. The number of benzene rings is 1. The Morgan fingerprint density at radius 3 is 2.62 bits per heavy atom. The maximum Gasteiger partial charge on any atom is 0.161 e. The summed E-state index contributed by atoms with van der Waals surface area (Å²) in [7, 11) is 0. The molecule has 1 aromatic heterocycles. The molecule has 2 aromatic rings. The lowest BCUT2D eigenvalue weighted by Crippen LogP contribution is -2.29. The SMILES string of the molecule is NNC(Cc1ccncc1)c1ccc2c(c1)OCCCO2. The Bertz CT molecular complexity index is 589. The van der Waals surface area contributed by atoms with E-state index in [1.165, 1.54) is 5.56 Å². The molecule has 0 radical (unpaired) electrons. The highest BCUT2D eigenvalue weighted by molar-refractivity contribution is 5.44. The van der Waals surface area contributed by atoms with E-state index in [9.17, 15) is 0 Å². The molecule has 5 heteroatoms. The molecule has 5 nitrogen and oxygen atoms in total. The van der Waals surface area contributed by atoms with Crippen LogP contribution < -0.4 is 20.7 Å². The largest absolute Gasteiger partial charge is 0.490 e. The summed E-state index contributed by atoms with van der Waals surface area (Å²) < 4.78 is 11.4. The molecule has 3 N–H and O–H groups in total. The van der Waals surface area contributed by atoms with Gasteiger partial charge >= 0.3 is 0 Å². The van der Waals surface area contributed by atoms with Crippen molar-refractivity contribution in [3.63, 3.8) is 0 Å². The molecule has 1 aliphatic rings. The highest BCUT2D eigenvalue weighted by Crippen LogP contribution is 2.32. The molecule has 0 aliphatic carbocycles. The molecular formula is C16H19N3O2. The third-order valence-electron chi connectivity index (χ3n) is 3.56. The lowest BCUT2D eigenvalue weighted by atomic mass is 9.99. The Kier molecular flexibility index (Phi) is 4.33. The van der Waals surface area contributed by atoms with Crippen LogP contribution in [0.2, 0.25) is 0 Å². The number of ether oxygens (including phenoxy) is 2. The van der Waals surface area contributed by atoms with Crippen molar-refractivity contribution in [2.75, 3.05) is 13.2 Å². The topological polar surface area (TPSA) is 69.4 Å². The van der Waals surface area contributed by atoms with E-state index in [1.807, 2.05) is 30.3 Å². The maximum absolute atomic E-state index is 5.73. The van der Waals surface area contributed by atoms with E-state index in [1.54, 1.807) is 12.4 Å². The van der Waals surface area contributed by atoms with Gasteiger partial charge in [0, 0.05) is 18.8 Å². The molecule has 0 spiro atoms. The second-order valence-corrected chi connectivity index (χ2v) is 5.04. The number of nitrogens with two attached hydrogens (primary N) is 1.